The summed E-state index contributed by atoms with van der Waals surface area (Å²) in [4.78, 5) is 2.30. The van der Waals surface area contributed by atoms with Crippen LogP contribution in [0.2, 0.25) is 0 Å². The number of hydrogen-bond acceptors (Lipinski definition) is 2. The van der Waals surface area contributed by atoms with Crippen LogP contribution in [0.3, 0.4) is 0 Å². The van der Waals surface area contributed by atoms with Gasteiger partial charge in [-0.2, -0.15) is 0 Å². The van der Waals surface area contributed by atoms with Gasteiger partial charge in [0.05, 0.1) is 0 Å². The Morgan fingerprint density at radius 3 is 2.55 bits per heavy atom. The summed E-state index contributed by atoms with van der Waals surface area (Å²) in [7, 11) is 2.15. The highest BCUT2D eigenvalue weighted by Crippen LogP contribution is 2.10. The molecule has 0 fully saturated rings. The molecule has 0 saturated carbocycles. The van der Waals surface area contributed by atoms with Gasteiger partial charge < -0.3 is 10.2 Å². The van der Waals surface area contributed by atoms with E-state index in [9.17, 15) is 0 Å². The average Bonchev–Trinajstić information content (AvgIpc) is 2.48. The lowest BCUT2D eigenvalue weighted by Gasteiger charge is -2.19. The van der Waals surface area contributed by atoms with E-state index in [1.807, 2.05) is 0 Å². The molecule has 0 amide bonds. The number of aryl methyl sites for hydroxylation is 1. The van der Waals surface area contributed by atoms with E-state index in [1.54, 1.807) is 0 Å². The average molecular weight is 268 g/mol. The summed E-state index contributed by atoms with van der Waals surface area (Å²) < 4.78 is 0. The topological polar surface area (TPSA) is 15.3 Å². The van der Waals surface area contributed by atoms with Crippen LogP contribution in [0, 0.1) is 6.92 Å². The van der Waals surface area contributed by atoms with Gasteiger partial charge in [-0.15, -0.1) is 0 Å². The lowest BCUT2D eigenvalue weighted by molar-refractivity contribution is 0.646. The van der Waals surface area contributed by atoms with Gasteiger partial charge in [0.25, 0.3) is 0 Å². The molecule has 2 nitrogen and oxygen atoms in total. The molecule has 2 aromatic rings. The van der Waals surface area contributed by atoms with E-state index in [4.69, 9.17) is 0 Å². The first-order valence-electron chi connectivity index (χ1n) is 7.28. The van der Waals surface area contributed by atoms with Gasteiger partial charge in [-0.3, -0.25) is 0 Å². The van der Waals surface area contributed by atoms with Gasteiger partial charge in [-0.1, -0.05) is 48.0 Å². The molecule has 0 radical (unpaired) electrons. The summed E-state index contributed by atoms with van der Waals surface area (Å²) in [5.74, 6) is 0. The molecule has 0 aliphatic rings. The predicted octanol–water partition coefficient (Wildman–Crippen LogP) is 3.61. The van der Waals surface area contributed by atoms with E-state index in [2.05, 4.69) is 78.8 Å². The van der Waals surface area contributed by atoms with E-state index in [1.165, 1.54) is 16.8 Å². The molecule has 20 heavy (non-hydrogen) atoms. The van der Waals surface area contributed by atoms with E-state index >= 15 is 0 Å². The van der Waals surface area contributed by atoms with Crippen molar-refractivity contribution in [2.75, 3.05) is 25.0 Å². The van der Waals surface area contributed by atoms with Crippen LogP contribution in [0.15, 0.2) is 54.6 Å². The lowest BCUT2D eigenvalue weighted by Crippen LogP contribution is -2.23. The van der Waals surface area contributed by atoms with Crippen molar-refractivity contribution in [3.63, 3.8) is 0 Å². The molecule has 2 heteroatoms. The highest BCUT2D eigenvalue weighted by atomic mass is 15.1. The molecule has 0 spiro atoms. The lowest BCUT2D eigenvalue weighted by atomic mass is 10.1. The van der Waals surface area contributed by atoms with Gasteiger partial charge in [0.1, 0.15) is 0 Å². The van der Waals surface area contributed by atoms with Crippen molar-refractivity contribution in [1.82, 2.24) is 5.32 Å². The Bertz CT molecular complexity index is 508. The van der Waals surface area contributed by atoms with Crippen molar-refractivity contribution in [1.29, 1.82) is 0 Å². The third kappa shape index (κ3) is 4.71. The second kappa shape index (κ2) is 7.71. The third-order valence-electron chi connectivity index (χ3n) is 3.46. The molecule has 0 aromatic heterocycles. The van der Waals surface area contributed by atoms with Crippen LogP contribution >= 0.6 is 0 Å². The number of hydrogen-bond donors (Lipinski definition) is 1. The normalized spacial score (nSPS) is 10.5. The Morgan fingerprint density at radius 2 is 1.80 bits per heavy atom. The molecule has 0 saturated heterocycles. The minimum absolute atomic E-state index is 0.955. The molecule has 2 aromatic carbocycles. The molecule has 0 bridgehead atoms. The third-order valence-corrected chi connectivity index (χ3v) is 3.46. The fraction of sp³-hybridized carbons (Fsp3) is 0.333. The van der Waals surface area contributed by atoms with Crippen LogP contribution in [0.4, 0.5) is 5.69 Å². The van der Waals surface area contributed by atoms with Gasteiger partial charge in [0.2, 0.25) is 0 Å². The second-order valence-corrected chi connectivity index (χ2v) is 5.28. The standard InChI is InChI=1S/C18H24N2/c1-16-8-6-9-17(14-16)15-19-12-7-13-20(2)18-10-4-3-5-11-18/h3-6,8-11,14,19H,7,12-13,15H2,1-2H3. The molecular formula is C18H24N2. The summed E-state index contributed by atoms with van der Waals surface area (Å²) in [5.41, 5.74) is 3.97. The number of benzene rings is 2. The minimum Gasteiger partial charge on any atom is -0.375 e. The van der Waals surface area contributed by atoms with Crippen LogP contribution in [0.5, 0.6) is 0 Å². The largest absolute Gasteiger partial charge is 0.375 e. The Hall–Kier alpha value is -1.80. The van der Waals surface area contributed by atoms with Crippen LogP contribution in [0.1, 0.15) is 17.5 Å². The fourth-order valence-corrected chi connectivity index (χ4v) is 2.31. The van der Waals surface area contributed by atoms with Crippen molar-refractivity contribution >= 4 is 5.69 Å². The van der Waals surface area contributed by atoms with Crippen molar-refractivity contribution in [2.24, 2.45) is 0 Å². The number of rotatable bonds is 7. The Labute approximate surface area is 122 Å². The van der Waals surface area contributed by atoms with E-state index < -0.39 is 0 Å². The summed E-state index contributed by atoms with van der Waals surface area (Å²) in [6, 6.07) is 19.2. The molecule has 0 unspecified atom stereocenters. The number of para-hydroxylation sites is 1. The van der Waals surface area contributed by atoms with E-state index in [0.717, 1.165) is 26.1 Å². The summed E-state index contributed by atoms with van der Waals surface area (Å²) in [5, 5.41) is 3.51. The first-order chi connectivity index (χ1) is 9.75. The first-order valence-corrected chi connectivity index (χ1v) is 7.28. The minimum atomic E-state index is 0.955. The Balaban J connectivity index is 1.64. The predicted molar refractivity (Wildman–Crippen MR) is 87.2 cm³/mol. The molecule has 0 aliphatic carbocycles. The molecule has 106 valence electrons. The summed E-state index contributed by atoms with van der Waals surface area (Å²) >= 11 is 0. The molecule has 0 heterocycles. The van der Waals surface area contributed by atoms with Crippen molar-refractivity contribution in [3.05, 3.63) is 65.7 Å². The summed E-state index contributed by atoms with van der Waals surface area (Å²) in [6.07, 6.45) is 1.15. The monoisotopic (exact) mass is 268 g/mol. The zero-order valence-corrected chi connectivity index (χ0v) is 12.5. The maximum Gasteiger partial charge on any atom is 0.0363 e. The van der Waals surface area contributed by atoms with E-state index in [0.29, 0.717) is 0 Å². The van der Waals surface area contributed by atoms with Gasteiger partial charge in [0, 0.05) is 25.8 Å². The summed E-state index contributed by atoms with van der Waals surface area (Å²) in [6.45, 7) is 5.21. The zero-order chi connectivity index (χ0) is 14.2. The van der Waals surface area contributed by atoms with Gasteiger partial charge in [-0.25, -0.2) is 0 Å². The van der Waals surface area contributed by atoms with Crippen LogP contribution in [-0.4, -0.2) is 20.1 Å². The maximum atomic E-state index is 3.51. The van der Waals surface area contributed by atoms with E-state index in [-0.39, 0.29) is 0 Å². The quantitative estimate of drug-likeness (QED) is 0.772. The second-order valence-electron chi connectivity index (χ2n) is 5.28. The van der Waals surface area contributed by atoms with Crippen molar-refractivity contribution in [2.45, 2.75) is 19.9 Å². The Kier molecular flexibility index (Phi) is 5.63. The van der Waals surface area contributed by atoms with Crippen LogP contribution in [-0.2, 0) is 6.54 Å². The van der Waals surface area contributed by atoms with Crippen LogP contribution < -0.4 is 10.2 Å². The smallest absolute Gasteiger partial charge is 0.0363 e. The van der Waals surface area contributed by atoms with Crippen molar-refractivity contribution < 1.29 is 0 Å². The fourth-order valence-electron chi connectivity index (χ4n) is 2.31. The zero-order valence-electron chi connectivity index (χ0n) is 12.5. The number of nitrogens with zero attached hydrogens (tertiary/aromatic N) is 1. The van der Waals surface area contributed by atoms with Crippen LogP contribution in [0.25, 0.3) is 0 Å². The van der Waals surface area contributed by atoms with Crippen molar-refractivity contribution in [3.8, 4) is 0 Å². The Morgan fingerprint density at radius 1 is 1.00 bits per heavy atom. The SMILES string of the molecule is Cc1cccc(CNCCCN(C)c2ccccc2)c1. The molecule has 2 rings (SSSR count). The molecule has 1 N–H and O–H groups in total. The number of anilines is 1. The molecular weight excluding hydrogens is 244 g/mol. The molecule has 0 aliphatic heterocycles. The highest BCUT2D eigenvalue weighted by Gasteiger charge is 1.99. The van der Waals surface area contributed by atoms with Gasteiger partial charge >= 0.3 is 0 Å². The first kappa shape index (κ1) is 14.6. The number of nitrogens with one attached hydrogen (secondary N) is 1. The maximum absolute atomic E-state index is 3.51. The molecule has 0 atom stereocenters. The highest BCUT2D eigenvalue weighted by molar-refractivity contribution is 5.44. The van der Waals surface area contributed by atoms with Gasteiger partial charge in [-0.05, 0) is 37.6 Å². The van der Waals surface area contributed by atoms with Gasteiger partial charge in [0.15, 0.2) is 0 Å².